The van der Waals surface area contributed by atoms with Crippen molar-refractivity contribution < 1.29 is 4.39 Å². The van der Waals surface area contributed by atoms with Crippen molar-refractivity contribution in [2.45, 2.75) is 18.8 Å². The largest absolute Gasteiger partial charge is 0.384 e. The fourth-order valence-corrected chi connectivity index (χ4v) is 1.97. The number of nitrogens with zero attached hydrogens (tertiary/aromatic N) is 2. The second kappa shape index (κ2) is 4.66. The molecule has 1 aromatic carbocycles. The van der Waals surface area contributed by atoms with Crippen LogP contribution < -0.4 is 11.1 Å². The highest BCUT2D eigenvalue weighted by Gasteiger charge is 2.27. The van der Waals surface area contributed by atoms with Gasteiger partial charge in [0, 0.05) is 12.0 Å². The summed E-state index contributed by atoms with van der Waals surface area (Å²) in [5.41, 5.74) is 6.21. The number of benzene rings is 1. The molecule has 98 valence electrons. The summed E-state index contributed by atoms with van der Waals surface area (Å²) in [6.45, 7) is 0. The zero-order chi connectivity index (χ0) is 13.4. The van der Waals surface area contributed by atoms with Crippen molar-refractivity contribution in [3.8, 4) is 0 Å². The summed E-state index contributed by atoms with van der Waals surface area (Å²) in [5, 5.41) is 3.40. The van der Waals surface area contributed by atoms with E-state index in [9.17, 15) is 4.39 Å². The third-order valence-corrected chi connectivity index (χ3v) is 3.23. The van der Waals surface area contributed by atoms with Gasteiger partial charge < -0.3 is 11.1 Å². The monoisotopic (exact) mass is 278 g/mol. The van der Waals surface area contributed by atoms with Crippen LogP contribution in [0.25, 0.3) is 0 Å². The Bertz CT molecular complexity index is 628. The zero-order valence-electron chi connectivity index (χ0n) is 10.0. The Kier molecular flexibility index (Phi) is 2.98. The number of hydrogen-bond donors (Lipinski definition) is 2. The first-order valence-electron chi connectivity index (χ1n) is 5.98. The number of aromatic nitrogens is 2. The molecule has 3 N–H and O–H groups in total. The minimum Gasteiger partial charge on any atom is -0.384 e. The maximum Gasteiger partial charge on any atom is 0.136 e. The Hall–Kier alpha value is -1.88. The number of nitrogens with one attached hydrogen (secondary N) is 1. The van der Waals surface area contributed by atoms with Crippen molar-refractivity contribution in [1.82, 2.24) is 9.97 Å². The van der Waals surface area contributed by atoms with Crippen LogP contribution in [-0.4, -0.2) is 9.97 Å². The molecule has 2 aromatic rings. The van der Waals surface area contributed by atoms with Crippen molar-refractivity contribution in [2.24, 2.45) is 0 Å². The molecule has 0 saturated heterocycles. The van der Waals surface area contributed by atoms with Gasteiger partial charge in [-0.25, -0.2) is 14.4 Å². The number of anilines is 3. The molecule has 1 fully saturated rings. The van der Waals surface area contributed by atoms with Crippen molar-refractivity contribution in [2.75, 3.05) is 11.1 Å². The van der Waals surface area contributed by atoms with E-state index >= 15 is 0 Å². The molecule has 0 aliphatic heterocycles. The number of rotatable bonds is 3. The minimum absolute atomic E-state index is 0.364. The van der Waals surface area contributed by atoms with Crippen molar-refractivity contribution in [3.63, 3.8) is 0 Å². The SMILES string of the molecule is Nc1cc(Nc2cc(F)ccc2Cl)nc(C2CC2)n1. The Morgan fingerprint density at radius 2 is 2.05 bits per heavy atom. The minimum atomic E-state index is -0.364. The van der Waals surface area contributed by atoms with Gasteiger partial charge in [0.25, 0.3) is 0 Å². The molecule has 1 saturated carbocycles. The van der Waals surface area contributed by atoms with Crippen LogP contribution in [0.2, 0.25) is 5.02 Å². The summed E-state index contributed by atoms with van der Waals surface area (Å²) >= 11 is 6.00. The van der Waals surface area contributed by atoms with Gasteiger partial charge in [-0.3, -0.25) is 0 Å². The van der Waals surface area contributed by atoms with Gasteiger partial charge in [0.2, 0.25) is 0 Å². The summed E-state index contributed by atoms with van der Waals surface area (Å²) in [5.74, 6) is 1.69. The predicted octanol–water partition coefficient (Wildman–Crippen LogP) is 3.47. The zero-order valence-corrected chi connectivity index (χ0v) is 10.8. The van der Waals surface area contributed by atoms with Crippen LogP contribution in [-0.2, 0) is 0 Å². The Labute approximate surface area is 114 Å². The van der Waals surface area contributed by atoms with Crippen LogP contribution in [0.15, 0.2) is 24.3 Å². The van der Waals surface area contributed by atoms with E-state index in [1.165, 1.54) is 18.2 Å². The first-order chi connectivity index (χ1) is 9.11. The third kappa shape index (κ3) is 2.76. The summed E-state index contributed by atoms with van der Waals surface area (Å²) in [6, 6.07) is 5.72. The molecule has 0 amide bonds. The van der Waals surface area contributed by atoms with Crippen LogP contribution in [0.3, 0.4) is 0 Å². The van der Waals surface area contributed by atoms with E-state index < -0.39 is 0 Å². The Balaban J connectivity index is 1.92. The van der Waals surface area contributed by atoms with Gasteiger partial charge in [-0.1, -0.05) is 11.6 Å². The molecule has 6 heteroatoms. The molecule has 1 aliphatic carbocycles. The molecule has 0 unspecified atom stereocenters. The molecular formula is C13H12ClFN4. The fraction of sp³-hybridized carbons (Fsp3) is 0.231. The molecule has 1 aromatic heterocycles. The first-order valence-corrected chi connectivity index (χ1v) is 6.36. The molecule has 1 heterocycles. The van der Waals surface area contributed by atoms with Crippen molar-refractivity contribution in [3.05, 3.63) is 40.9 Å². The van der Waals surface area contributed by atoms with Crippen LogP contribution >= 0.6 is 11.6 Å². The average molecular weight is 279 g/mol. The van der Waals surface area contributed by atoms with E-state index in [-0.39, 0.29) is 5.82 Å². The fourth-order valence-electron chi connectivity index (χ4n) is 1.80. The normalized spacial score (nSPS) is 14.4. The second-order valence-electron chi connectivity index (χ2n) is 4.56. The Morgan fingerprint density at radius 3 is 2.79 bits per heavy atom. The standard InChI is InChI=1S/C13H12ClFN4/c14-9-4-3-8(15)5-10(9)17-12-6-11(16)18-13(19-12)7-1-2-7/h3-7H,1-2H2,(H3,16,17,18,19). The number of halogens is 2. The first kappa shape index (κ1) is 12.2. The van der Waals surface area contributed by atoms with Gasteiger partial charge >= 0.3 is 0 Å². The van der Waals surface area contributed by atoms with E-state index in [1.54, 1.807) is 6.07 Å². The summed E-state index contributed by atoms with van der Waals surface area (Å²) in [7, 11) is 0. The van der Waals surface area contributed by atoms with Gasteiger partial charge in [-0.05, 0) is 31.0 Å². The van der Waals surface area contributed by atoms with E-state index in [4.69, 9.17) is 17.3 Å². The van der Waals surface area contributed by atoms with E-state index in [0.717, 1.165) is 18.7 Å². The third-order valence-electron chi connectivity index (χ3n) is 2.90. The lowest BCUT2D eigenvalue weighted by Crippen LogP contribution is -2.03. The highest BCUT2D eigenvalue weighted by atomic mass is 35.5. The molecule has 0 atom stereocenters. The van der Waals surface area contributed by atoms with Crippen LogP contribution in [0.4, 0.5) is 21.7 Å². The molecule has 19 heavy (non-hydrogen) atoms. The van der Waals surface area contributed by atoms with Gasteiger partial charge in [0.1, 0.15) is 23.3 Å². The van der Waals surface area contributed by atoms with Gasteiger partial charge in [0.05, 0.1) is 10.7 Å². The average Bonchev–Trinajstić information content (AvgIpc) is 3.17. The maximum atomic E-state index is 13.2. The summed E-state index contributed by atoms with van der Waals surface area (Å²) < 4.78 is 13.2. The Morgan fingerprint density at radius 1 is 1.26 bits per heavy atom. The molecular weight excluding hydrogens is 267 g/mol. The summed E-state index contributed by atoms with van der Waals surface area (Å²) in [4.78, 5) is 8.58. The topological polar surface area (TPSA) is 63.8 Å². The lowest BCUT2D eigenvalue weighted by molar-refractivity contribution is 0.628. The van der Waals surface area contributed by atoms with Gasteiger partial charge in [-0.15, -0.1) is 0 Å². The number of nitrogens with two attached hydrogens (primary N) is 1. The molecule has 0 radical (unpaired) electrons. The molecule has 0 bridgehead atoms. The molecule has 0 spiro atoms. The second-order valence-corrected chi connectivity index (χ2v) is 4.97. The quantitative estimate of drug-likeness (QED) is 0.902. The van der Waals surface area contributed by atoms with Gasteiger partial charge in [-0.2, -0.15) is 0 Å². The van der Waals surface area contributed by atoms with Crippen LogP contribution in [0.1, 0.15) is 24.6 Å². The lowest BCUT2D eigenvalue weighted by Gasteiger charge is -2.09. The highest BCUT2D eigenvalue weighted by Crippen LogP contribution is 2.39. The van der Waals surface area contributed by atoms with E-state index in [1.807, 2.05) is 0 Å². The number of hydrogen-bond acceptors (Lipinski definition) is 4. The van der Waals surface area contributed by atoms with E-state index in [2.05, 4.69) is 15.3 Å². The van der Waals surface area contributed by atoms with Crippen molar-refractivity contribution >= 4 is 28.9 Å². The highest BCUT2D eigenvalue weighted by molar-refractivity contribution is 6.33. The maximum absolute atomic E-state index is 13.2. The van der Waals surface area contributed by atoms with E-state index in [0.29, 0.717) is 28.3 Å². The van der Waals surface area contributed by atoms with Crippen LogP contribution in [0.5, 0.6) is 0 Å². The van der Waals surface area contributed by atoms with Crippen LogP contribution in [0, 0.1) is 5.82 Å². The van der Waals surface area contributed by atoms with Gasteiger partial charge in [0.15, 0.2) is 0 Å². The predicted molar refractivity (Wildman–Crippen MR) is 73.1 cm³/mol. The smallest absolute Gasteiger partial charge is 0.136 e. The molecule has 4 nitrogen and oxygen atoms in total. The molecule has 1 aliphatic rings. The molecule has 3 rings (SSSR count). The number of nitrogen functional groups attached to an aromatic ring is 1. The van der Waals surface area contributed by atoms with Crippen molar-refractivity contribution in [1.29, 1.82) is 0 Å². The lowest BCUT2D eigenvalue weighted by atomic mass is 10.3. The summed E-state index contributed by atoms with van der Waals surface area (Å²) in [6.07, 6.45) is 2.17.